The summed E-state index contributed by atoms with van der Waals surface area (Å²) >= 11 is 0. The second kappa shape index (κ2) is 5.09. The first-order valence-electron chi connectivity index (χ1n) is 6.08. The van der Waals surface area contributed by atoms with Crippen molar-refractivity contribution < 1.29 is 22.7 Å². The molecule has 0 aliphatic heterocycles. The topological polar surface area (TPSA) is 32.3 Å². The van der Waals surface area contributed by atoms with E-state index in [4.69, 9.17) is 0 Å². The highest BCUT2D eigenvalue weighted by molar-refractivity contribution is 5.30. The highest BCUT2D eigenvalue weighted by Gasteiger charge is 2.37. The predicted molar refractivity (Wildman–Crippen MR) is 61.9 cm³/mol. The Morgan fingerprint density at radius 1 is 1.26 bits per heavy atom. The molecule has 0 aromatic heterocycles. The summed E-state index contributed by atoms with van der Waals surface area (Å²) in [5.41, 5.74) is -1.45. The minimum atomic E-state index is -4.58. The van der Waals surface area contributed by atoms with Gasteiger partial charge in [-0.2, -0.15) is 13.2 Å². The van der Waals surface area contributed by atoms with E-state index in [1.807, 2.05) is 0 Å². The quantitative estimate of drug-likeness (QED) is 0.829. The number of aliphatic hydroxyl groups excluding tert-OH is 1. The lowest BCUT2D eigenvalue weighted by atomic mass is 9.77. The molecule has 1 aromatic carbocycles. The molecule has 1 aliphatic carbocycles. The predicted octanol–water partition coefficient (Wildman–Crippen LogP) is 2.85. The molecule has 2 N–H and O–H groups in total. The van der Waals surface area contributed by atoms with Gasteiger partial charge in [-0.05, 0) is 37.0 Å². The molecule has 6 heteroatoms. The van der Waals surface area contributed by atoms with Gasteiger partial charge < -0.3 is 10.4 Å². The van der Waals surface area contributed by atoms with E-state index in [1.54, 1.807) is 0 Å². The lowest BCUT2D eigenvalue weighted by Crippen LogP contribution is -2.53. The lowest BCUT2D eigenvalue weighted by Gasteiger charge is -2.41. The molecule has 0 bridgehead atoms. The van der Waals surface area contributed by atoms with Crippen LogP contribution in [0.15, 0.2) is 18.2 Å². The number of alkyl halides is 3. The Morgan fingerprint density at radius 2 is 1.95 bits per heavy atom. The maximum atomic E-state index is 12.9. The van der Waals surface area contributed by atoms with Crippen molar-refractivity contribution in [2.75, 3.05) is 6.61 Å². The molecule has 1 fully saturated rings. The lowest BCUT2D eigenvalue weighted by molar-refractivity contribution is -0.138. The van der Waals surface area contributed by atoms with Gasteiger partial charge in [0.1, 0.15) is 5.82 Å². The molecule has 1 saturated carbocycles. The van der Waals surface area contributed by atoms with Crippen molar-refractivity contribution in [3.63, 3.8) is 0 Å². The molecule has 2 nitrogen and oxygen atoms in total. The molecular weight excluding hydrogens is 262 g/mol. The van der Waals surface area contributed by atoms with Crippen molar-refractivity contribution in [2.45, 2.75) is 37.5 Å². The Hall–Kier alpha value is -1.14. The summed E-state index contributed by atoms with van der Waals surface area (Å²) in [6.45, 7) is -0.134. The van der Waals surface area contributed by atoms with Gasteiger partial charge in [-0.3, -0.25) is 0 Å². The maximum absolute atomic E-state index is 12.9. The van der Waals surface area contributed by atoms with Crippen LogP contribution in [0.2, 0.25) is 0 Å². The monoisotopic (exact) mass is 277 g/mol. The Balaban J connectivity index is 2.16. The zero-order chi connectivity index (χ0) is 14.1. The van der Waals surface area contributed by atoms with Crippen molar-refractivity contribution in [3.05, 3.63) is 35.1 Å². The Kier molecular flexibility index (Phi) is 3.82. The summed E-state index contributed by atoms with van der Waals surface area (Å²) in [6, 6.07) is 2.65. The van der Waals surface area contributed by atoms with E-state index in [-0.39, 0.29) is 18.7 Å². The third kappa shape index (κ3) is 3.06. The van der Waals surface area contributed by atoms with E-state index < -0.39 is 23.1 Å². The number of hydrogen-bond donors (Lipinski definition) is 2. The number of nitrogens with one attached hydrogen (secondary N) is 1. The SMILES string of the molecule is OCC1(NCc2ccc(F)cc2C(F)(F)F)CCC1. The summed E-state index contributed by atoms with van der Waals surface area (Å²) in [7, 11) is 0. The fraction of sp³-hybridized carbons (Fsp3) is 0.538. The third-order valence-electron chi connectivity index (χ3n) is 3.64. The molecule has 0 radical (unpaired) electrons. The average Bonchev–Trinajstić information content (AvgIpc) is 2.28. The van der Waals surface area contributed by atoms with Crippen LogP contribution in [-0.2, 0) is 12.7 Å². The summed E-state index contributed by atoms with van der Waals surface area (Å²) in [4.78, 5) is 0. The molecule has 0 spiro atoms. The molecule has 106 valence electrons. The first-order chi connectivity index (χ1) is 8.86. The van der Waals surface area contributed by atoms with Crippen LogP contribution in [0.5, 0.6) is 0 Å². The number of benzene rings is 1. The highest BCUT2D eigenvalue weighted by Crippen LogP contribution is 2.34. The van der Waals surface area contributed by atoms with Crippen molar-refractivity contribution in [1.82, 2.24) is 5.32 Å². The molecule has 0 unspecified atom stereocenters. The van der Waals surface area contributed by atoms with E-state index in [1.165, 1.54) is 0 Å². The zero-order valence-electron chi connectivity index (χ0n) is 10.2. The molecule has 0 atom stereocenters. The van der Waals surface area contributed by atoms with E-state index in [0.29, 0.717) is 6.07 Å². The van der Waals surface area contributed by atoms with Crippen LogP contribution in [-0.4, -0.2) is 17.3 Å². The van der Waals surface area contributed by atoms with Gasteiger partial charge in [0.15, 0.2) is 0 Å². The van der Waals surface area contributed by atoms with Crippen LogP contribution in [0, 0.1) is 5.82 Å². The van der Waals surface area contributed by atoms with Crippen molar-refractivity contribution in [2.24, 2.45) is 0 Å². The van der Waals surface area contributed by atoms with Crippen molar-refractivity contribution in [3.8, 4) is 0 Å². The zero-order valence-corrected chi connectivity index (χ0v) is 10.2. The molecule has 1 aromatic rings. The van der Waals surface area contributed by atoms with E-state index in [9.17, 15) is 22.7 Å². The summed E-state index contributed by atoms with van der Waals surface area (Å²) in [6.07, 6.45) is -2.15. The van der Waals surface area contributed by atoms with Gasteiger partial charge in [0.25, 0.3) is 0 Å². The van der Waals surface area contributed by atoms with Gasteiger partial charge in [0, 0.05) is 12.1 Å². The van der Waals surface area contributed by atoms with Crippen LogP contribution in [0.4, 0.5) is 17.6 Å². The van der Waals surface area contributed by atoms with Crippen LogP contribution < -0.4 is 5.32 Å². The Labute approximate surface area is 108 Å². The van der Waals surface area contributed by atoms with Gasteiger partial charge in [-0.1, -0.05) is 6.07 Å². The Morgan fingerprint density at radius 3 is 2.42 bits per heavy atom. The smallest absolute Gasteiger partial charge is 0.394 e. The normalized spacial score (nSPS) is 18.2. The molecule has 19 heavy (non-hydrogen) atoms. The third-order valence-corrected chi connectivity index (χ3v) is 3.64. The van der Waals surface area contributed by atoms with Crippen LogP contribution in [0.3, 0.4) is 0 Å². The van der Waals surface area contributed by atoms with Gasteiger partial charge in [0.2, 0.25) is 0 Å². The van der Waals surface area contributed by atoms with E-state index in [0.717, 1.165) is 31.4 Å². The highest BCUT2D eigenvalue weighted by atomic mass is 19.4. The van der Waals surface area contributed by atoms with Crippen molar-refractivity contribution >= 4 is 0 Å². The van der Waals surface area contributed by atoms with Crippen LogP contribution >= 0.6 is 0 Å². The van der Waals surface area contributed by atoms with Gasteiger partial charge in [-0.25, -0.2) is 4.39 Å². The van der Waals surface area contributed by atoms with Gasteiger partial charge >= 0.3 is 6.18 Å². The second-order valence-corrected chi connectivity index (χ2v) is 4.94. The minimum absolute atomic E-state index is 0.00590. The molecule has 2 rings (SSSR count). The number of rotatable bonds is 4. The van der Waals surface area contributed by atoms with Gasteiger partial charge in [-0.15, -0.1) is 0 Å². The average molecular weight is 277 g/mol. The first-order valence-corrected chi connectivity index (χ1v) is 6.08. The first kappa shape index (κ1) is 14.3. The largest absolute Gasteiger partial charge is 0.416 e. The van der Waals surface area contributed by atoms with E-state index >= 15 is 0 Å². The van der Waals surface area contributed by atoms with Crippen LogP contribution in [0.1, 0.15) is 30.4 Å². The summed E-state index contributed by atoms with van der Waals surface area (Å²) in [5.74, 6) is -0.906. The van der Waals surface area contributed by atoms with E-state index in [2.05, 4.69) is 5.32 Å². The standard InChI is InChI=1S/C13H15F4NO/c14-10-3-2-9(11(6-10)13(15,16)17)7-18-12(8-19)4-1-5-12/h2-3,6,18-19H,1,4-5,7-8H2. The van der Waals surface area contributed by atoms with Gasteiger partial charge in [0.05, 0.1) is 12.2 Å². The second-order valence-electron chi connectivity index (χ2n) is 4.94. The fourth-order valence-corrected chi connectivity index (χ4v) is 2.24. The molecule has 0 heterocycles. The maximum Gasteiger partial charge on any atom is 0.416 e. The summed E-state index contributed by atoms with van der Waals surface area (Å²) in [5, 5.41) is 12.2. The molecule has 0 saturated heterocycles. The van der Waals surface area contributed by atoms with Crippen molar-refractivity contribution in [1.29, 1.82) is 0 Å². The number of aliphatic hydroxyl groups is 1. The molecular formula is C13H15F4NO. The number of halogens is 4. The molecule has 0 amide bonds. The van der Waals surface area contributed by atoms with Crippen LogP contribution in [0.25, 0.3) is 0 Å². The molecule has 1 aliphatic rings. The summed E-state index contributed by atoms with van der Waals surface area (Å²) < 4.78 is 51.3. The number of hydrogen-bond acceptors (Lipinski definition) is 2. The minimum Gasteiger partial charge on any atom is -0.394 e. The Bertz CT molecular complexity index is 449. The fourth-order valence-electron chi connectivity index (χ4n) is 2.24.